The van der Waals surface area contributed by atoms with Crippen LogP contribution in [0.4, 0.5) is 0 Å². The van der Waals surface area contributed by atoms with Crippen molar-refractivity contribution >= 4 is 16.0 Å². The van der Waals surface area contributed by atoms with Crippen molar-refractivity contribution in [3.8, 4) is 0 Å². The third kappa shape index (κ3) is 25.7. The molecule has 8 heteroatoms. The fourth-order valence-corrected chi connectivity index (χ4v) is 5.57. The van der Waals surface area contributed by atoms with Crippen molar-refractivity contribution in [3.05, 3.63) is 12.2 Å². The van der Waals surface area contributed by atoms with Crippen molar-refractivity contribution < 1.29 is 28.0 Å². The zero-order valence-electron chi connectivity index (χ0n) is 25.1. The van der Waals surface area contributed by atoms with E-state index in [1.807, 2.05) is 0 Å². The lowest BCUT2D eigenvalue weighted by Gasteiger charge is -2.24. The van der Waals surface area contributed by atoms with Crippen molar-refractivity contribution in [2.45, 2.75) is 173 Å². The summed E-state index contributed by atoms with van der Waals surface area (Å²) in [6, 6.07) is -1.14. The van der Waals surface area contributed by atoms with Gasteiger partial charge in [0.25, 0.3) is 10.1 Å². The van der Waals surface area contributed by atoms with Crippen molar-refractivity contribution in [1.29, 1.82) is 0 Å². The third-order valence-electron chi connectivity index (χ3n) is 7.33. The summed E-state index contributed by atoms with van der Waals surface area (Å²) in [7, 11) is -4.39. The van der Waals surface area contributed by atoms with Crippen LogP contribution in [0.2, 0.25) is 0 Å². The number of amides is 1. The summed E-state index contributed by atoms with van der Waals surface area (Å²) in [6.07, 6.45) is 25.4. The van der Waals surface area contributed by atoms with Crippen LogP contribution in [0, 0.1) is 0 Å². The summed E-state index contributed by atoms with van der Waals surface area (Å²) in [6.45, 7) is 4.40. The molecule has 0 saturated heterocycles. The number of allylic oxidation sites excluding steroid dienone is 2. The molecular formula is C31H61NO6S. The molecule has 0 saturated carbocycles. The zero-order chi connectivity index (χ0) is 29.2. The van der Waals surface area contributed by atoms with Crippen LogP contribution in [0.3, 0.4) is 0 Å². The molecule has 1 amide bonds. The van der Waals surface area contributed by atoms with Crippen LogP contribution >= 0.6 is 0 Å². The van der Waals surface area contributed by atoms with Crippen molar-refractivity contribution in [2.24, 2.45) is 0 Å². The number of carbonyl (C=O) groups is 1. The first-order chi connectivity index (χ1) is 18.7. The second kappa shape index (κ2) is 26.0. The van der Waals surface area contributed by atoms with E-state index < -0.39 is 40.0 Å². The average Bonchev–Trinajstić information content (AvgIpc) is 2.88. The molecule has 0 aliphatic rings. The fraction of sp³-hybridized carbons (Fsp3) is 0.903. The molecular weight excluding hydrogens is 514 g/mol. The summed E-state index contributed by atoms with van der Waals surface area (Å²) >= 11 is 0. The average molecular weight is 576 g/mol. The number of aliphatic hydroxyl groups is 2. The largest absolute Gasteiger partial charge is 0.391 e. The Morgan fingerprint density at radius 2 is 1.08 bits per heavy atom. The minimum atomic E-state index is -4.39. The molecule has 0 aromatic carbocycles. The molecule has 0 radical (unpaired) electrons. The van der Waals surface area contributed by atoms with Crippen molar-refractivity contribution in [2.75, 3.05) is 5.75 Å². The molecule has 0 aromatic heterocycles. The highest BCUT2D eigenvalue weighted by molar-refractivity contribution is 7.85. The fourth-order valence-electron chi connectivity index (χ4n) is 4.81. The molecule has 7 nitrogen and oxygen atoms in total. The van der Waals surface area contributed by atoms with Gasteiger partial charge in [-0.3, -0.25) is 9.35 Å². The minimum absolute atomic E-state index is 0.284. The van der Waals surface area contributed by atoms with Gasteiger partial charge in [0.1, 0.15) is 6.10 Å². The first kappa shape index (κ1) is 38.0. The first-order valence-corrected chi connectivity index (χ1v) is 17.6. The van der Waals surface area contributed by atoms with Crippen LogP contribution in [0.25, 0.3) is 0 Å². The highest BCUT2D eigenvalue weighted by Crippen LogP contribution is 2.14. The maximum Gasteiger partial charge on any atom is 0.266 e. The number of hydrogen-bond donors (Lipinski definition) is 4. The van der Waals surface area contributed by atoms with E-state index in [0.29, 0.717) is 19.3 Å². The topological polar surface area (TPSA) is 124 Å². The van der Waals surface area contributed by atoms with E-state index in [1.165, 1.54) is 64.2 Å². The van der Waals surface area contributed by atoms with Gasteiger partial charge in [-0.1, -0.05) is 129 Å². The van der Waals surface area contributed by atoms with Gasteiger partial charge < -0.3 is 15.5 Å². The standard InChI is InChI=1S/C31H61NO6S/c1-3-5-7-9-11-12-13-14-15-16-17-18-20-22-24-26-30(34)31(35)32-28(27-39(36,37)38)29(33)25-23-21-19-10-8-6-4-2/h15-16,28-30,33-34H,3-14,17-27H2,1-2H3,(H,32,35)(H,36,37,38)/b16-15-. The number of carbonyl (C=O) groups excluding carboxylic acids is 1. The van der Waals surface area contributed by atoms with Gasteiger partial charge in [0.15, 0.2) is 0 Å². The van der Waals surface area contributed by atoms with Crippen LogP contribution in [0.5, 0.6) is 0 Å². The Bertz CT molecular complexity index is 697. The number of aliphatic hydroxyl groups excluding tert-OH is 2. The number of hydrogen-bond acceptors (Lipinski definition) is 5. The Hall–Kier alpha value is -0.960. The van der Waals surface area contributed by atoms with E-state index in [9.17, 15) is 28.0 Å². The van der Waals surface area contributed by atoms with Crippen LogP contribution in [0.1, 0.15) is 155 Å². The van der Waals surface area contributed by atoms with E-state index in [-0.39, 0.29) is 6.42 Å². The highest BCUT2D eigenvalue weighted by atomic mass is 32.2. The molecule has 0 heterocycles. The Labute approximate surface area is 240 Å². The Balaban J connectivity index is 4.09. The van der Waals surface area contributed by atoms with E-state index in [2.05, 4.69) is 31.3 Å². The second-order valence-electron chi connectivity index (χ2n) is 11.2. The van der Waals surface area contributed by atoms with Gasteiger partial charge in [-0.15, -0.1) is 0 Å². The maximum atomic E-state index is 12.4. The van der Waals surface area contributed by atoms with Crippen LogP contribution in [-0.4, -0.2) is 53.1 Å². The molecule has 0 rings (SSSR count). The third-order valence-corrected chi connectivity index (χ3v) is 8.11. The lowest BCUT2D eigenvalue weighted by Crippen LogP contribution is -2.50. The number of rotatable bonds is 28. The van der Waals surface area contributed by atoms with Crippen LogP contribution in [-0.2, 0) is 14.9 Å². The zero-order valence-corrected chi connectivity index (χ0v) is 25.9. The minimum Gasteiger partial charge on any atom is -0.391 e. The van der Waals surface area contributed by atoms with Gasteiger partial charge >= 0.3 is 0 Å². The molecule has 0 bridgehead atoms. The molecule has 4 N–H and O–H groups in total. The maximum absolute atomic E-state index is 12.4. The molecule has 0 aliphatic carbocycles. The van der Waals surface area contributed by atoms with Crippen LogP contribution < -0.4 is 5.32 Å². The Morgan fingerprint density at radius 3 is 1.54 bits per heavy atom. The Kier molecular flexibility index (Phi) is 25.3. The lowest BCUT2D eigenvalue weighted by molar-refractivity contribution is -0.131. The Morgan fingerprint density at radius 1 is 0.667 bits per heavy atom. The summed E-state index contributed by atoms with van der Waals surface area (Å²) in [5, 5.41) is 23.2. The monoisotopic (exact) mass is 575 g/mol. The van der Waals surface area contributed by atoms with Gasteiger partial charge in [0, 0.05) is 0 Å². The SMILES string of the molecule is CCCCCCCCC/C=C\CCCCCCC(O)C(=O)NC(CS(=O)(=O)O)C(O)CCCCCCCCC. The van der Waals surface area contributed by atoms with Crippen LogP contribution in [0.15, 0.2) is 12.2 Å². The van der Waals surface area contributed by atoms with E-state index >= 15 is 0 Å². The summed E-state index contributed by atoms with van der Waals surface area (Å²) < 4.78 is 32.1. The van der Waals surface area contributed by atoms with Gasteiger partial charge in [-0.2, -0.15) is 8.42 Å². The second-order valence-corrected chi connectivity index (χ2v) is 12.7. The van der Waals surface area contributed by atoms with Gasteiger partial charge in [-0.25, -0.2) is 0 Å². The smallest absolute Gasteiger partial charge is 0.266 e. The molecule has 3 atom stereocenters. The molecule has 0 aliphatic heterocycles. The lowest BCUT2D eigenvalue weighted by atomic mass is 10.0. The van der Waals surface area contributed by atoms with E-state index in [0.717, 1.165) is 51.4 Å². The predicted octanol–water partition coefficient (Wildman–Crippen LogP) is 7.26. The quantitative estimate of drug-likeness (QED) is 0.0442. The molecule has 0 fully saturated rings. The van der Waals surface area contributed by atoms with E-state index in [1.54, 1.807) is 0 Å². The van der Waals surface area contributed by atoms with Crippen molar-refractivity contribution in [1.82, 2.24) is 5.32 Å². The van der Waals surface area contributed by atoms with Gasteiger partial charge in [0.2, 0.25) is 5.91 Å². The molecule has 0 spiro atoms. The number of nitrogens with one attached hydrogen (secondary N) is 1. The summed E-state index contributed by atoms with van der Waals surface area (Å²) in [5.41, 5.74) is 0. The summed E-state index contributed by atoms with van der Waals surface area (Å²) in [5.74, 6) is -1.47. The molecule has 39 heavy (non-hydrogen) atoms. The van der Waals surface area contributed by atoms with E-state index in [4.69, 9.17) is 0 Å². The van der Waals surface area contributed by atoms with Gasteiger partial charge in [-0.05, 0) is 38.5 Å². The molecule has 3 unspecified atom stereocenters. The highest BCUT2D eigenvalue weighted by Gasteiger charge is 2.28. The molecule has 232 valence electrons. The normalized spacial score (nSPS) is 14.5. The predicted molar refractivity (Wildman–Crippen MR) is 162 cm³/mol. The first-order valence-electron chi connectivity index (χ1n) is 16.0. The van der Waals surface area contributed by atoms with Gasteiger partial charge in [0.05, 0.1) is 17.9 Å². The number of unbranched alkanes of at least 4 members (excludes halogenated alkanes) is 17. The summed E-state index contributed by atoms with van der Waals surface area (Å²) in [4.78, 5) is 12.4. The van der Waals surface area contributed by atoms with Crippen molar-refractivity contribution in [3.63, 3.8) is 0 Å². The molecule has 0 aromatic rings.